The van der Waals surface area contributed by atoms with Gasteiger partial charge in [-0.1, -0.05) is 6.07 Å². The minimum absolute atomic E-state index is 0.0536. The van der Waals surface area contributed by atoms with Crippen LogP contribution in [0.3, 0.4) is 0 Å². The summed E-state index contributed by atoms with van der Waals surface area (Å²) in [6, 6.07) is 5.90. The number of benzene rings is 1. The maximum absolute atomic E-state index is 13.4. The van der Waals surface area contributed by atoms with Crippen LogP contribution in [0.4, 0.5) is 34.8 Å². The van der Waals surface area contributed by atoms with Crippen molar-refractivity contribution in [2.75, 3.05) is 17.7 Å². The van der Waals surface area contributed by atoms with Gasteiger partial charge in [0.05, 0.1) is 0 Å². The summed E-state index contributed by atoms with van der Waals surface area (Å²) in [6.45, 7) is 1.66. The second-order valence-corrected chi connectivity index (χ2v) is 4.58. The van der Waals surface area contributed by atoms with Crippen LogP contribution in [0.25, 0.3) is 0 Å². The van der Waals surface area contributed by atoms with E-state index in [0.29, 0.717) is 11.3 Å². The quantitative estimate of drug-likeness (QED) is 0.675. The number of anilines is 3. The van der Waals surface area contributed by atoms with Crippen molar-refractivity contribution in [3.63, 3.8) is 0 Å². The van der Waals surface area contributed by atoms with Gasteiger partial charge in [-0.3, -0.25) is 0 Å². The molecule has 21 heavy (non-hydrogen) atoms. The Morgan fingerprint density at radius 2 is 1.86 bits per heavy atom. The summed E-state index contributed by atoms with van der Waals surface area (Å²) in [5, 5.41) is 0. The van der Waals surface area contributed by atoms with Gasteiger partial charge >= 0.3 is 6.18 Å². The fourth-order valence-corrected chi connectivity index (χ4v) is 1.92. The van der Waals surface area contributed by atoms with E-state index in [1.165, 1.54) is 30.1 Å². The number of hydrogen-bond donors (Lipinski definition) is 1. The number of hydrogen-bond acceptors (Lipinski definition) is 3. The Morgan fingerprint density at radius 1 is 1.19 bits per heavy atom. The molecular weight excluding hydrogens is 286 g/mol. The standard InChI is InChI=1S/C14H13F4N3/c1-8-10(19)6-9(15)7-11(8)21(2)13-5-3-4-12(20-13)14(16,17)18/h3-7H,19H2,1-2H3. The molecule has 112 valence electrons. The van der Waals surface area contributed by atoms with Gasteiger partial charge in [-0.15, -0.1) is 0 Å². The van der Waals surface area contributed by atoms with Gasteiger partial charge in [-0.05, 0) is 36.8 Å². The smallest absolute Gasteiger partial charge is 0.398 e. The highest BCUT2D eigenvalue weighted by Gasteiger charge is 2.32. The van der Waals surface area contributed by atoms with Gasteiger partial charge in [-0.25, -0.2) is 9.37 Å². The molecule has 0 unspecified atom stereocenters. The highest BCUT2D eigenvalue weighted by atomic mass is 19.4. The Bertz CT molecular complexity index is 668. The summed E-state index contributed by atoms with van der Waals surface area (Å²) in [5.74, 6) is -0.509. The Balaban J connectivity index is 2.48. The predicted molar refractivity (Wildman–Crippen MR) is 72.9 cm³/mol. The lowest BCUT2D eigenvalue weighted by Gasteiger charge is -2.22. The van der Waals surface area contributed by atoms with Crippen LogP contribution in [0.15, 0.2) is 30.3 Å². The van der Waals surface area contributed by atoms with Crippen LogP contribution in [0.2, 0.25) is 0 Å². The number of pyridine rings is 1. The van der Waals surface area contributed by atoms with E-state index in [9.17, 15) is 17.6 Å². The molecule has 3 nitrogen and oxygen atoms in total. The van der Waals surface area contributed by atoms with E-state index in [1.807, 2.05) is 0 Å². The van der Waals surface area contributed by atoms with Gasteiger partial charge < -0.3 is 10.6 Å². The molecule has 0 saturated carbocycles. The maximum atomic E-state index is 13.4. The third-order valence-electron chi connectivity index (χ3n) is 3.12. The zero-order valence-corrected chi connectivity index (χ0v) is 11.4. The molecule has 1 aromatic carbocycles. The fourth-order valence-electron chi connectivity index (χ4n) is 1.92. The van der Waals surface area contributed by atoms with Gasteiger partial charge in [0.2, 0.25) is 0 Å². The third-order valence-corrected chi connectivity index (χ3v) is 3.12. The molecule has 0 amide bonds. The second-order valence-electron chi connectivity index (χ2n) is 4.58. The zero-order chi connectivity index (χ0) is 15.8. The van der Waals surface area contributed by atoms with Crippen LogP contribution >= 0.6 is 0 Å². The van der Waals surface area contributed by atoms with Gasteiger partial charge in [0.1, 0.15) is 17.3 Å². The van der Waals surface area contributed by atoms with Crippen LogP contribution in [0.1, 0.15) is 11.3 Å². The summed E-state index contributed by atoms with van der Waals surface area (Å²) >= 11 is 0. The highest BCUT2D eigenvalue weighted by Crippen LogP contribution is 2.33. The largest absolute Gasteiger partial charge is 0.433 e. The fraction of sp³-hybridized carbons (Fsp3) is 0.214. The minimum atomic E-state index is -4.53. The van der Waals surface area contributed by atoms with E-state index in [2.05, 4.69) is 4.98 Å². The molecule has 2 rings (SSSR count). The molecule has 0 fully saturated rings. The minimum Gasteiger partial charge on any atom is -0.398 e. The number of alkyl halides is 3. The van der Waals surface area contributed by atoms with Crippen LogP contribution in [0, 0.1) is 12.7 Å². The molecule has 0 atom stereocenters. The van der Waals surface area contributed by atoms with Crippen LogP contribution < -0.4 is 10.6 Å². The van der Waals surface area contributed by atoms with E-state index in [1.54, 1.807) is 6.92 Å². The molecule has 7 heteroatoms. The average molecular weight is 299 g/mol. The van der Waals surface area contributed by atoms with Crippen molar-refractivity contribution < 1.29 is 17.6 Å². The second kappa shape index (κ2) is 5.23. The summed E-state index contributed by atoms with van der Waals surface area (Å²) in [6.07, 6.45) is -4.53. The van der Waals surface area contributed by atoms with Gasteiger partial charge in [0.15, 0.2) is 0 Å². The first-order valence-electron chi connectivity index (χ1n) is 6.03. The first-order chi connectivity index (χ1) is 9.70. The number of nitrogens with zero attached hydrogens (tertiary/aromatic N) is 2. The lowest BCUT2D eigenvalue weighted by atomic mass is 10.1. The van der Waals surface area contributed by atoms with E-state index in [-0.39, 0.29) is 11.5 Å². The topological polar surface area (TPSA) is 42.1 Å². The third kappa shape index (κ3) is 3.07. The van der Waals surface area contributed by atoms with Crippen molar-refractivity contribution >= 4 is 17.2 Å². The average Bonchev–Trinajstić information content (AvgIpc) is 2.41. The molecule has 2 aromatic rings. The first kappa shape index (κ1) is 15.1. The first-order valence-corrected chi connectivity index (χ1v) is 6.03. The number of nitrogen functional groups attached to an aromatic ring is 1. The van der Waals surface area contributed by atoms with Gasteiger partial charge in [0.25, 0.3) is 0 Å². The van der Waals surface area contributed by atoms with Crippen molar-refractivity contribution in [3.05, 3.63) is 47.4 Å². The molecule has 0 aliphatic heterocycles. The van der Waals surface area contributed by atoms with Crippen molar-refractivity contribution in [1.29, 1.82) is 0 Å². The van der Waals surface area contributed by atoms with Gasteiger partial charge in [-0.2, -0.15) is 13.2 Å². The van der Waals surface area contributed by atoms with E-state index < -0.39 is 17.7 Å². The number of nitrogens with two attached hydrogens (primary N) is 1. The number of aromatic nitrogens is 1. The molecule has 0 spiro atoms. The Morgan fingerprint density at radius 3 is 2.48 bits per heavy atom. The lowest BCUT2D eigenvalue weighted by molar-refractivity contribution is -0.141. The molecule has 0 aliphatic carbocycles. The summed E-state index contributed by atoms with van der Waals surface area (Å²) in [5.41, 5.74) is 5.82. The monoisotopic (exact) mass is 299 g/mol. The van der Waals surface area contributed by atoms with E-state index in [4.69, 9.17) is 5.73 Å². The normalized spacial score (nSPS) is 11.5. The summed E-state index contributed by atoms with van der Waals surface area (Å²) in [7, 11) is 1.50. The van der Waals surface area contributed by atoms with Crippen molar-refractivity contribution in [1.82, 2.24) is 4.98 Å². The van der Waals surface area contributed by atoms with Crippen LogP contribution in [-0.4, -0.2) is 12.0 Å². The predicted octanol–water partition coefficient (Wildman–Crippen LogP) is 3.90. The Labute approximate surface area is 119 Å². The molecule has 0 bridgehead atoms. The Hall–Kier alpha value is -2.31. The Kier molecular flexibility index (Phi) is 3.76. The van der Waals surface area contributed by atoms with Crippen LogP contribution in [-0.2, 0) is 6.18 Å². The van der Waals surface area contributed by atoms with E-state index in [0.717, 1.165) is 12.1 Å². The summed E-state index contributed by atoms with van der Waals surface area (Å²) < 4.78 is 51.5. The van der Waals surface area contributed by atoms with Crippen LogP contribution in [0.5, 0.6) is 0 Å². The van der Waals surface area contributed by atoms with Crippen molar-refractivity contribution in [2.45, 2.75) is 13.1 Å². The molecule has 1 aromatic heterocycles. The summed E-state index contributed by atoms with van der Waals surface area (Å²) in [4.78, 5) is 4.92. The lowest BCUT2D eigenvalue weighted by Crippen LogP contribution is -2.16. The zero-order valence-electron chi connectivity index (χ0n) is 11.4. The molecular formula is C14H13F4N3. The van der Waals surface area contributed by atoms with Crippen molar-refractivity contribution in [2.24, 2.45) is 0 Å². The molecule has 1 heterocycles. The highest BCUT2D eigenvalue weighted by molar-refractivity contribution is 5.69. The van der Waals surface area contributed by atoms with E-state index >= 15 is 0 Å². The SMILES string of the molecule is Cc1c(N)cc(F)cc1N(C)c1cccc(C(F)(F)F)n1. The molecule has 0 aliphatic rings. The maximum Gasteiger partial charge on any atom is 0.433 e. The molecule has 0 radical (unpaired) electrons. The number of halogens is 4. The van der Waals surface area contributed by atoms with Crippen molar-refractivity contribution in [3.8, 4) is 0 Å². The molecule has 0 saturated heterocycles. The number of rotatable bonds is 2. The molecule has 2 N–H and O–H groups in total. The van der Waals surface area contributed by atoms with Gasteiger partial charge in [0, 0.05) is 18.4 Å².